The van der Waals surface area contributed by atoms with Gasteiger partial charge in [0.15, 0.2) is 0 Å². The maximum Gasteiger partial charge on any atom is 0.0703 e. The van der Waals surface area contributed by atoms with E-state index in [0.717, 1.165) is 0 Å². The van der Waals surface area contributed by atoms with E-state index in [2.05, 4.69) is 0 Å². The van der Waals surface area contributed by atoms with E-state index in [-0.39, 0.29) is 12.7 Å². The molecule has 0 saturated carbocycles. The van der Waals surface area contributed by atoms with Gasteiger partial charge in [-0.05, 0) is 20.8 Å². The Labute approximate surface area is 80.0 Å². The highest BCUT2D eigenvalue weighted by Gasteiger charge is 2.16. The van der Waals surface area contributed by atoms with E-state index in [9.17, 15) is 0 Å². The average Bonchev–Trinajstić information content (AvgIpc) is 2.03. The van der Waals surface area contributed by atoms with Crippen LogP contribution in [0.2, 0.25) is 0 Å². The lowest BCUT2D eigenvalue weighted by Crippen LogP contribution is -2.45. The molecule has 80 valence electrons. The van der Waals surface area contributed by atoms with Gasteiger partial charge in [-0.3, -0.25) is 0 Å². The van der Waals surface area contributed by atoms with Crippen LogP contribution in [0, 0.1) is 0 Å². The van der Waals surface area contributed by atoms with Crippen LogP contribution in [0.3, 0.4) is 0 Å². The van der Waals surface area contributed by atoms with E-state index in [1.807, 2.05) is 13.8 Å². The van der Waals surface area contributed by atoms with E-state index in [0.29, 0.717) is 19.8 Å². The highest BCUT2D eigenvalue weighted by molar-refractivity contribution is 4.76. The van der Waals surface area contributed by atoms with Crippen LogP contribution in [0.4, 0.5) is 0 Å². The van der Waals surface area contributed by atoms with Crippen LogP contribution in [0.1, 0.15) is 20.8 Å². The van der Waals surface area contributed by atoms with Gasteiger partial charge in [0.05, 0.1) is 38.1 Å². The molecule has 4 heteroatoms. The Morgan fingerprint density at radius 3 is 2.46 bits per heavy atom. The van der Waals surface area contributed by atoms with Crippen LogP contribution < -0.4 is 5.73 Å². The van der Waals surface area contributed by atoms with Crippen molar-refractivity contribution in [2.45, 2.75) is 32.4 Å². The predicted octanol–water partition coefficient (Wildman–Crippen LogP) is 0.138. The lowest BCUT2D eigenvalue weighted by Gasteiger charge is -2.21. The smallest absolute Gasteiger partial charge is 0.0703 e. The minimum atomic E-state index is -0.641. The van der Waals surface area contributed by atoms with Crippen molar-refractivity contribution in [3.8, 4) is 0 Å². The van der Waals surface area contributed by atoms with Crippen molar-refractivity contribution >= 4 is 0 Å². The van der Waals surface area contributed by atoms with Gasteiger partial charge in [0.2, 0.25) is 0 Å². The summed E-state index contributed by atoms with van der Waals surface area (Å²) in [6, 6.07) is 0. The Bertz CT molecular complexity index is 126. The van der Waals surface area contributed by atoms with Gasteiger partial charge in [0, 0.05) is 0 Å². The normalized spacial score (nSPS) is 16.2. The molecular weight excluding hydrogens is 170 g/mol. The lowest BCUT2D eigenvalue weighted by molar-refractivity contribution is 0.000167. The van der Waals surface area contributed by atoms with E-state index in [1.165, 1.54) is 0 Å². The number of rotatable bonds is 7. The quantitative estimate of drug-likeness (QED) is 0.562. The molecular formula is C9H21NO3. The molecule has 0 rings (SSSR count). The van der Waals surface area contributed by atoms with Gasteiger partial charge in [-0.25, -0.2) is 0 Å². The van der Waals surface area contributed by atoms with Crippen molar-refractivity contribution in [2.24, 2.45) is 5.73 Å². The topological polar surface area (TPSA) is 64.7 Å². The Morgan fingerprint density at radius 1 is 1.38 bits per heavy atom. The molecule has 0 radical (unpaired) electrons. The van der Waals surface area contributed by atoms with E-state index < -0.39 is 5.54 Å². The van der Waals surface area contributed by atoms with Crippen LogP contribution in [0.5, 0.6) is 0 Å². The van der Waals surface area contributed by atoms with Crippen LogP contribution in [0.15, 0.2) is 0 Å². The third-order valence-electron chi connectivity index (χ3n) is 1.47. The molecule has 1 atom stereocenters. The van der Waals surface area contributed by atoms with Gasteiger partial charge in [0.25, 0.3) is 0 Å². The zero-order chi connectivity index (χ0) is 10.3. The van der Waals surface area contributed by atoms with E-state index in [4.69, 9.17) is 20.3 Å². The van der Waals surface area contributed by atoms with Crippen LogP contribution in [0.25, 0.3) is 0 Å². The molecule has 3 N–H and O–H groups in total. The fraction of sp³-hybridized carbons (Fsp3) is 1.00. The molecule has 0 aromatic rings. The fourth-order valence-electron chi connectivity index (χ4n) is 0.694. The molecule has 0 aromatic carbocycles. The predicted molar refractivity (Wildman–Crippen MR) is 51.6 cm³/mol. The number of aliphatic hydroxyl groups is 1. The molecule has 13 heavy (non-hydrogen) atoms. The van der Waals surface area contributed by atoms with Gasteiger partial charge in [-0.2, -0.15) is 0 Å². The summed E-state index contributed by atoms with van der Waals surface area (Å²) in [4.78, 5) is 0. The second-order valence-corrected chi connectivity index (χ2v) is 3.78. The summed E-state index contributed by atoms with van der Waals surface area (Å²) in [6.07, 6.45) is 0.228. The molecule has 0 aliphatic heterocycles. The standard InChI is InChI=1S/C9H21NO3/c1-8(2)13-5-4-12-7-9(3,10)6-11/h8,11H,4-7,10H2,1-3H3. The van der Waals surface area contributed by atoms with Crippen LogP contribution >= 0.6 is 0 Å². The first-order valence-electron chi connectivity index (χ1n) is 4.57. The molecule has 1 unspecified atom stereocenters. The van der Waals surface area contributed by atoms with Gasteiger partial charge < -0.3 is 20.3 Å². The van der Waals surface area contributed by atoms with Gasteiger partial charge in [-0.1, -0.05) is 0 Å². The summed E-state index contributed by atoms with van der Waals surface area (Å²) in [5.74, 6) is 0. The molecule has 0 bridgehead atoms. The highest BCUT2D eigenvalue weighted by atomic mass is 16.5. The number of hydrogen-bond donors (Lipinski definition) is 2. The van der Waals surface area contributed by atoms with Crippen LogP contribution in [-0.2, 0) is 9.47 Å². The number of ether oxygens (including phenoxy) is 2. The summed E-state index contributed by atoms with van der Waals surface area (Å²) < 4.78 is 10.5. The lowest BCUT2D eigenvalue weighted by atomic mass is 10.1. The summed E-state index contributed by atoms with van der Waals surface area (Å²) in [7, 11) is 0. The maximum atomic E-state index is 8.80. The van der Waals surface area contributed by atoms with Crippen molar-refractivity contribution in [3.63, 3.8) is 0 Å². The van der Waals surface area contributed by atoms with Crippen molar-refractivity contribution in [2.75, 3.05) is 26.4 Å². The first-order chi connectivity index (χ1) is 5.98. The Kier molecular flexibility index (Phi) is 6.24. The summed E-state index contributed by atoms with van der Waals surface area (Å²) in [5.41, 5.74) is 5.00. The number of hydrogen-bond acceptors (Lipinski definition) is 4. The van der Waals surface area contributed by atoms with E-state index >= 15 is 0 Å². The molecule has 4 nitrogen and oxygen atoms in total. The number of aliphatic hydroxyl groups excluding tert-OH is 1. The highest BCUT2D eigenvalue weighted by Crippen LogP contribution is 1.97. The number of nitrogens with two attached hydrogens (primary N) is 1. The minimum absolute atomic E-state index is 0.0714. The largest absolute Gasteiger partial charge is 0.394 e. The van der Waals surface area contributed by atoms with Crippen molar-refractivity contribution < 1.29 is 14.6 Å². The average molecular weight is 191 g/mol. The molecule has 0 heterocycles. The van der Waals surface area contributed by atoms with Gasteiger partial charge in [-0.15, -0.1) is 0 Å². The molecule has 0 saturated heterocycles. The SMILES string of the molecule is CC(C)OCCOCC(C)(N)CO. The zero-order valence-corrected chi connectivity index (χ0v) is 8.75. The summed E-state index contributed by atoms with van der Waals surface area (Å²) in [5, 5.41) is 8.80. The molecule has 0 aromatic heterocycles. The van der Waals surface area contributed by atoms with Gasteiger partial charge >= 0.3 is 0 Å². The first-order valence-corrected chi connectivity index (χ1v) is 4.57. The van der Waals surface area contributed by atoms with E-state index in [1.54, 1.807) is 6.92 Å². The zero-order valence-electron chi connectivity index (χ0n) is 8.75. The third-order valence-corrected chi connectivity index (χ3v) is 1.47. The monoisotopic (exact) mass is 191 g/mol. The second-order valence-electron chi connectivity index (χ2n) is 3.78. The third kappa shape index (κ3) is 8.18. The molecule has 0 fully saturated rings. The Morgan fingerprint density at radius 2 is 2.00 bits per heavy atom. The Hall–Kier alpha value is -0.160. The second kappa shape index (κ2) is 6.32. The van der Waals surface area contributed by atoms with Gasteiger partial charge in [0.1, 0.15) is 0 Å². The van der Waals surface area contributed by atoms with Crippen molar-refractivity contribution in [1.82, 2.24) is 0 Å². The van der Waals surface area contributed by atoms with Crippen molar-refractivity contribution in [3.05, 3.63) is 0 Å². The molecule has 0 aliphatic carbocycles. The minimum Gasteiger partial charge on any atom is -0.394 e. The van der Waals surface area contributed by atoms with Crippen molar-refractivity contribution in [1.29, 1.82) is 0 Å². The first kappa shape index (κ1) is 12.8. The molecule has 0 aliphatic rings. The molecule has 0 spiro atoms. The fourth-order valence-corrected chi connectivity index (χ4v) is 0.694. The molecule has 0 amide bonds. The Balaban J connectivity index is 3.26. The van der Waals surface area contributed by atoms with Crippen LogP contribution in [-0.4, -0.2) is 43.2 Å². The summed E-state index contributed by atoms with van der Waals surface area (Å²) >= 11 is 0. The maximum absolute atomic E-state index is 8.80. The summed E-state index contributed by atoms with van der Waals surface area (Å²) in [6.45, 7) is 7.06.